The largest absolute Gasteiger partial charge is 0.346 e. The Labute approximate surface area is 170 Å². The average Bonchev–Trinajstić information content (AvgIpc) is 3.23. The number of aromatic nitrogens is 1. The van der Waals surface area contributed by atoms with E-state index in [1.807, 2.05) is 17.5 Å². The molecule has 2 N–H and O–H groups in total. The van der Waals surface area contributed by atoms with E-state index in [-0.39, 0.29) is 29.1 Å². The first-order valence-electron chi connectivity index (χ1n) is 8.69. The van der Waals surface area contributed by atoms with Gasteiger partial charge in [-0.3, -0.25) is 14.9 Å². The van der Waals surface area contributed by atoms with Crippen LogP contribution in [0.5, 0.6) is 0 Å². The van der Waals surface area contributed by atoms with Crippen molar-refractivity contribution < 1.29 is 9.59 Å². The summed E-state index contributed by atoms with van der Waals surface area (Å²) in [4.78, 5) is 37.8. The molecule has 2 unspecified atom stereocenters. The van der Waals surface area contributed by atoms with Gasteiger partial charge in [-0.25, -0.2) is 15.0 Å². The summed E-state index contributed by atoms with van der Waals surface area (Å²) in [6.07, 6.45) is 6.64. The zero-order valence-corrected chi connectivity index (χ0v) is 16.2. The van der Waals surface area contributed by atoms with Crippen LogP contribution in [0.3, 0.4) is 0 Å². The molecule has 7 nitrogen and oxygen atoms in total. The van der Waals surface area contributed by atoms with Gasteiger partial charge in [-0.05, 0) is 42.0 Å². The Morgan fingerprint density at radius 1 is 1.21 bits per heavy atom. The first kappa shape index (κ1) is 18.5. The van der Waals surface area contributed by atoms with Crippen molar-refractivity contribution in [3.05, 3.63) is 63.1 Å². The van der Waals surface area contributed by atoms with E-state index in [0.717, 1.165) is 18.4 Å². The van der Waals surface area contributed by atoms with Crippen molar-refractivity contribution in [2.75, 3.05) is 0 Å². The van der Waals surface area contributed by atoms with Gasteiger partial charge in [0.05, 0.1) is 10.9 Å². The second kappa shape index (κ2) is 8.04. The van der Waals surface area contributed by atoms with Gasteiger partial charge in [-0.1, -0.05) is 23.7 Å². The molecule has 0 saturated carbocycles. The molecule has 0 fully saturated rings. The summed E-state index contributed by atoms with van der Waals surface area (Å²) < 4.78 is 0. The lowest BCUT2D eigenvalue weighted by Crippen LogP contribution is -2.39. The first-order chi connectivity index (χ1) is 13.6. The zero-order chi connectivity index (χ0) is 19.5. The highest BCUT2D eigenvalue weighted by Crippen LogP contribution is 2.23. The third-order valence-corrected chi connectivity index (χ3v) is 5.49. The van der Waals surface area contributed by atoms with E-state index in [0.29, 0.717) is 16.4 Å². The van der Waals surface area contributed by atoms with Gasteiger partial charge < -0.3 is 5.32 Å². The van der Waals surface area contributed by atoms with Crippen molar-refractivity contribution in [3.63, 3.8) is 0 Å². The molecular weight excluding hydrogens is 398 g/mol. The number of rotatable bonds is 3. The molecule has 0 bridgehead atoms. The number of amides is 2. The maximum atomic E-state index is 12.4. The van der Waals surface area contributed by atoms with Crippen LogP contribution in [0, 0.1) is 0 Å². The highest BCUT2D eigenvalue weighted by atomic mass is 35.5. The number of carbonyl (C=O) groups excluding carboxylic acids is 2. The average molecular weight is 414 g/mol. The number of thiophene rings is 1. The SMILES string of the molecule is O=C(NC1C=C2C=NC(NC(=O)c3cccs3)=NC2CC1)c1ccnc(Cl)c1. The third kappa shape index (κ3) is 4.18. The number of halogens is 1. The van der Waals surface area contributed by atoms with Gasteiger partial charge in [0, 0.05) is 24.0 Å². The summed E-state index contributed by atoms with van der Waals surface area (Å²) in [6.45, 7) is 0. The summed E-state index contributed by atoms with van der Waals surface area (Å²) in [7, 11) is 0. The van der Waals surface area contributed by atoms with Crippen molar-refractivity contribution in [1.29, 1.82) is 0 Å². The van der Waals surface area contributed by atoms with Crippen molar-refractivity contribution in [1.82, 2.24) is 15.6 Å². The Hall–Kier alpha value is -2.84. The number of pyridine rings is 1. The van der Waals surface area contributed by atoms with E-state index in [4.69, 9.17) is 11.6 Å². The molecule has 2 amide bonds. The van der Waals surface area contributed by atoms with Crippen LogP contribution in [0.15, 0.2) is 57.5 Å². The molecule has 2 atom stereocenters. The summed E-state index contributed by atoms with van der Waals surface area (Å²) in [5, 5.41) is 7.83. The molecule has 0 aromatic carbocycles. The van der Waals surface area contributed by atoms with Crippen LogP contribution in [-0.4, -0.2) is 41.1 Å². The predicted octanol–water partition coefficient (Wildman–Crippen LogP) is 2.85. The number of hydrogen-bond acceptors (Lipinski definition) is 6. The molecular formula is C19H16ClN5O2S. The lowest BCUT2D eigenvalue weighted by Gasteiger charge is -2.27. The smallest absolute Gasteiger partial charge is 0.268 e. The summed E-state index contributed by atoms with van der Waals surface area (Å²) in [6, 6.07) is 6.54. The topological polar surface area (TPSA) is 95.8 Å². The number of aliphatic imine (C=N–C) groups is 2. The van der Waals surface area contributed by atoms with Crippen LogP contribution in [0.1, 0.15) is 32.9 Å². The van der Waals surface area contributed by atoms with Crippen molar-refractivity contribution in [2.24, 2.45) is 9.98 Å². The highest BCUT2D eigenvalue weighted by molar-refractivity contribution is 7.12. The molecule has 4 rings (SSSR count). The first-order valence-corrected chi connectivity index (χ1v) is 9.95. The summed E-state index contributed by atoms with van der Waals surface area (Å²) in [5.41, 5.74) is 1.40. The zero-order valence-electron chi connectivity index (χ0n) is 14.6. The molecule has 142 valence electrons. The molecule has 3 heterocycles. The van der Waals surface area contributed by atoms with E-state index in [1.54, 1.807) is 18.3 Å². The molecule has 1 aliphatic carbocycles. The Morgan fingerprint density at radius 2 is 2.11 bits per heavy atom. The number of nitrogens with zero attached hydrogens (tertiary/aromatic N) is 3. The summed E-state index contributed by atoms with van der Waals surface area (Å²) >= 11 is 7.21. The lowest BCUT2D eigenvalue weighted by atomic mass is 9.91. The monoisotopic (exact) mass is 413 g/mol. The normalized spacial score (nSPS) is 20.6. The number of fused-ring (bicyclic) bond motifs is 1. The van der Waals surface area contributed by atoms with E-state index in [1.165, 1.54) is 23.6 Å². The second-order valence-electron chi connectivity index (χ2n) is 6.35. The molecule has 0 radical (unpaired) electrons. The number of carbonyl (C=O) groups is 2. The highest BCUT2D eigenvalue weighted by Gasteiger charge is 2.26. The molecule has 9 heteroatoms. The molecule has 28 heavy (non-hydrogen) atoms. The maximum Gasteiger partial charge on any atom is 0.268 e. The third-order valence-electron chi connectivity index (χ3n) is 4.42. The summed E-state index contributed by atoms with van der Waals surface area (Å²) in [5.74, 6) is -0.102. The van der Waals surface area contributed by atoms with Gasteiger partial charge in [0.25, 0.3) is 11.8 Å². The van der Waals surface area contributed by atoms with Crippen molar-refractivity contribution >= 4 is 46.9 Å². The fraction of sp³-hybridized carbons (Fsp3) is 0.211. The minimum absolute atomic E-state index is 0.0698. The minimum Gasteiger partial charge on any atom is -0.346 e. The standard InChI is InChI=1S/C19H16ClN5O2S/c20-16-9-11(5-6-21-16)17(26)23-13-3-4-14-12(8-13)10-22-19(24-14)25-18(27)15-2-1-7-28-15/h1-2,5-10,13-14H,3-4H2,(H,23,26)(H,24,25,27). The van der Waals surface area contributed by atoms with Gasteiger partial charge in [0.1, 0.15) is 5.15 Å². The van der Waals surface area contributed by atoms with Crippen LogP contribution >= 0.6 is 22.9 Å². The number of nitrogens with one attached hydrogen (secondary N) is 2. The molecule has 2 aromatic heterocycles. The van der Waals surface area contributed by atoms with Crippen LogP contribution in [0.4, 0.5) is 0 Å². The van der Waals surface area contributed by atoms with Crippen molar-refractivity contribution in [2.45, 2.75) is 24.9 Å². The number of hydrogen-bond donors (Lipinski definition) is 2. The number of guanidine groups is 1. The Morgan fingerprint density at radius 3 is 2.89 bits per heavy atom. The second-order valence-corrected chi connectivity index (χ2v) is 7.68. The molecule has 0 saturated heterocycles. The van der Waals surface area contributed by atoms with E-state index >= 15 is 0 Å². The Kier molecular flexibility index (Phi) is 5.31. The quantitative estimate of drug-likeness (QED) is 0.757. The fourth-order valence-corrected chi connectivity index (χ4v) is 3.85. The van der Waals surface area contributed by atoms with Gasteiger partial charge >= 0.3 is 0 Å². The molecule has 2 aromatic rings. The Balaban J connectivity index is 1.40. The van der Waals surface area contributed by atoms with Crippen LogP contribution < -0.4 is 10.6 Å². The van der Waals surface area contributed by atoms with Crippen LogP contribution in [0.25, 0.3) is 0 Å². The molecule has 1 aliphatic heterocycles. The van der Waals surface area contributed by atoms with Crippen molar-refractivity contribution in [3.8, 4) is 0 Å². The fourth-order valence-electron chi connectivity index (χ4n) is 3.06. The van der Waals surface area contributed by atoms with Crippen LogP contribution in [0.2, 0.25) is 5.15 Å². The van der Waals surface area contributed by atoms with Gasteiger partial charge in [-0.2, -0.15) is 0 Å². The van der Waals surface area contributed by atoms with E-state index in [2.05, 4.69) is 25.6 Å². The van der Waals surface area contributed by atoms with Gasteiger partial charge in [-0.15, -0.1) is 11.3 Å². The van der Waals surface area contributed by atoms with E-state index < -0.39 is 0 Å². The minimum atomic E-state index is -0.213. The van der Waals surface area contributed by atoms with Gasteiger partial charge in [0.15, 0.2) is 0 Å². The maximum absolute atomic E-state index is 12.4. The van der Waals surface area contributed by atoms with Gasteiger partial charge in [0.2, 0.25) is 5.96 Å². The predicted molar refractivity (Wildman–Crippen MR) is 109 cm³/mol. The Bertz CT molecular complexity index is 1000. The lowest BCUT2D eigenvalue weighted by molar-refractivity contribution is 0.0939. The molecule has 0 spiro atoms. The van der Waals surface area contributed by atoms with E-state index in [9.17, 15) is 9.59 Å². The van der Waals surface area contributed by atoms with Crippen LogP contribution in [-0.2, 0) is 0 Å². The molecule has 2 aliphatic rings.